The molecule has 0 saturated heterocycles. The van der Waals surface area contributed by atoms with Crippen LogP contribution in [-0.2, 0) is 4.79 Å². The Hall–Kier alpha value is -2.98. The van der Waals surface area contributed by atoms with E-state index in [9.17, 15) is 14.0 Å². The number of thioether (sulfide) groups is 1. The first-order valence-corrected chi connectivity index (χ1v) is 9.81. The van der Waals surface area contributed by atoms with E-state index >= 15 is 0 Å². The van der Waals surface area contributed by atoms with Crippen molar-refractivity contribution in [3.05, 3.63) is 59.9 Å². The molecule has 0 aliphatic heterocycles. The number of aromatic nitrogens is 2. The molecule has 0 aliphatic carbocycles. The van der Waals surface area contributed by atoms with E-state index in [1.54, 1.807) is 30.3 Å². The van der Waals surface area contributed by atoms with E-state index in [1.165, 1.54) is 37.1 Å². The van der Waals surface area contributed by atoms with Crippen molar-refractivity contribution >= 4 is 45.7 Å². The molecule has 0 spiro atoms. The van der Waals surface area contributed by atoms with Crippen LogP contribution in [0.25, 0.3) is 0 Å². The lowest BCUT2D eigenvalue weighted by Gasteiger charge is -2.04. The minimum absolute atomic E-state index is 0.0784. The van der Waals surface area contributed by atoms with Crippen molar-refractivity contribution in [1.82, 2.24) is 10.2 Å². The highest BCUT2D eigenvalue weighted by Crippen LogP contribution is 2.26. The molecule has 0 fully saturated rings. The Morgan fingerprint density at radius 3 is 2.75 bits per heavy atom. The lowest BCUT2D eigenvalue weighted by atomic mass is 10.2. The zero-order valence-corrected chi connectivity index (χ0v) is 16.3. The van der Waals surface area contributed by atoms with Gasteiger partial charge in [0.15, 0.2) is 4.34 Å². The van der Waals surface area contributed by atoms with E-state index in [2.05, 4.69) is 20.8 Å². The smallest absolute Gasteiger partial charge is 0.257 e. The normalized spacial score (nSPS) is 10.4. The molecule has 3 rings (SSSR count). The first-order valence-electron chi connectivity index (χ1n) is 8.00. The molecule has 0 aliphatic rings. The third kappa shape index (κ3) is 5.51. The number of halogens is 1. The average Bonchev–Trinajstić information content (AvgIpc) is 3.14. The third-order valence-electron chi connectivity index (χ3n) is 3.39. The molecule has 0 bridgehead atoms. The first kappa shape index (κ1) is 19.8. The van der Waals surface area contributed by atoms with Gasteiger partial charge in [0.05, 0.1) is 12.9 Å². The standard InChI is InChI=1S/C18H15FN4O3S2/c1-26-14-7-2-4-11(8-14)16(25)21-17-22-23-18(28-17)27-10-15(24)20-13-6-3-5-12(19)9-13/h2-9H,10H2,1H3,(H,20,24)(H,21,22,25). The molecule has 1 heterocycles. The van der Waals surface area contributed by atoms with Gasteiger partial charge in [0.2, 0.25) is 11.0 Å². The van der Waals surface area contributed by atoms with Gasteiger partial charge in [-0.3, -0.25) is 14.9 Å². The fourth-order valence-corrected chi connectivity index (χ4v) is 3.69. The molecule has 0 saturated carbocycles. The second-order valence-corrected chi connectivity index (χ2v) is 7.61. The molecular weight excluding hydrogens is 403 g/mol. The summed E-state index contributed by atoms with van der Waals surface area (Å²) in [6, 6.07) is 12.4. The summed E-state index contributed by atoms with van der Waals surface area (Å²) < 4.78 is 18.7. The Labute approximate surface area is 168 Å². The lowest BCUT2D eigenvalue weighted by molar-refractivity contribution is -0.113. The van der Waals surface area contributed by atoms with Gasteiger partial charge >= 0.3 is 0 Å². The van der Waals surface area contributed by atoms with Crippen LogP contribution >= 0.6 is 23.1 Å². The Morgan fingerprint density at radius 1 is 1.14 bits per heavy atom. The van der Waals surface area contributed by atoms with Gasteiger partial charge in [-0.25, -0.2) is 4.39 Å². The summed E-state index contributed by atoms with van der Waals surface area (Å²) in [5.41, 5.74) is 0.812. The minimum Gasteiger partial charge on any atom is -0.497 e. The van der Waals surface area contributed by atoms with Crippen LogP contribution in [0.4, 0.5) is 15.2 Å². The van der Waals surface area contributed by atoms with E-state index in [0.717, 1.165) is 11.3 Å². The van der Waals surface area contributed by atoms with Gasteiger partial charge in [-0.05, 0) is 36.4 Å². The molecule has 1 aromatic heterocycles. The molecule has 0 atom stereocenters. The fraction of sp³-hybridized carbons (Fsp3) is 0.111. The van der Waals surface area contributed by atoms with E-state index < -0.39 is 5.82 Å². The van der Waals surface area contributed by atoms with Crippen molar-refractivity contribution in [2.24, 2.45) is 0 Å². The second kappa shape index (κ2) is 9.29. The maximum absolute atomic E-state index is 13.1. The van der Waals surface area contributed by atoms with Crippen LogP contribution < -0.4 is 15.4 Å². The van der Waals surface area contributed by atoms with Crippen molar-refractivity contribution in [2.45, 2.75) is 4.34 Å². The van der Waals surface area contributed by atoms with Crippen molar-refractivity contribution in [1.29, 1.82) is 0 Å². The summed E-state index contributed by atoms with van der Waals surface area (Å²) in [7, 11) is 1.52. The quantitative estimate of drug-likeness (QED) is 0.449. The third-order valence-corrected chi connectivity index (χ3v) is 5.37. The van der Waals surface area contributed by atoms with E-state index in [1.807, 2.05) is 0 Å². The van der Waals surface area contributed by atoms with Crippen LogP contribution in [0.5, 0.6) is 5.75 Å². The van der Waals surface area contributed by atoms with Crippen molar-refractivity contribution in [3.8, 4) is 5.75 Å². The maximum atomic E-state index is 13.1. The Bertz CT molecular complexity index is 996. The van der Waals surface area contributed by atoms with E-state index in [4.69, 9.17) is 4.74 Å². The molecule has 3 aromatic rings. The summed E-state index contributed by atoms with van der Waals surface area (Å²) >= 11 is 2.32. The number of nitrogens with zero attached hydrogens (tertiary/aromatic N) is 2. The number of nitrogens with one attached hydrogen (secondary N) is 2. The zero-order valence-electron chi connectivity index (χ0n) is 14.6. The van der Waals surface area contributed by atoms with Crippen LogP contribution in [0.15, 0.2) is 52.9 Å². The maximum Gasteiger partial charge on any atom is 0.257 e. The predicted molar refractivity (Wildman–Crippen MR) is 107 cm³/mol. The number of hydrogen-bond acceptors (Lipinski definition) is 7. The predicted octanol–water partition coefficient (Wildman–Crippen LogP) is 3.67. The zero-order chi connectivity index (χ0) is 19.9. The molecule has 10 heteroatoms. The Morgan fingerprint density at radius 2 is 1.96 bits per heavy atom. The number of ether oxygens (including phenoxy) is 1. The van der Waals surface area contributed by atoms with Gasteiger partial charge in [0.1, 0.15) is 11.6 Å². The number of anilines is 2. The summed E-state index contributed by atoms with van der Waals surface area (Å²) in [5.74, 6) is -0.408. The number of benzene rings is 2. The van der Waals surface area contributed by atoms with Gasteiger partial charge in [0.25, 0.3) is 5.91 Å². The second-order valence-electron chi connectivity index (χ2n) is 5.41. The number of rotatable bonds is 7. The summed E-state index contributed by atoms with van der Waals surface area (Å²) in [6.45, 7) is 0. The molecule has 2 N–H and O–H groups in total. The molecular formula is C18H15FN4O3S2. The minimum atomic E-state index is -0.425. The summed E-state index contributed by atoms with van der Waals surface area (Å²) in [6.07, 6.45) is 0. The van der Waals surface area contributed by atoms with Gasteiger partial charge < -0.3 is 10.1 Å². The Balaban J connectivity index is 1.52. The van der Waals surface area contributed by atoms with Crippen molar-refractivity contribution in [3.63, 3.8) is 0 Å². The molecule has 7 nitrogen and oxygen atoms in total. The first-order chi connectivity index (χ1) is 13.5. The Kier molecular flexibility index (Phi) is 6.56. The molecule has 0 radical (unpaired) electrons. The monoisotopic (exact) mass is 418 g/mol. The van der Waals surface area contributed by atoms with E-state index in [0.29, 0.717) is 26.5 Å². The number of amides is 2. The van der Waals surface area contributed by atoms with Crippen LogP contribution in [0.3, 0.4) is 0 Å². The van der Waals surface area contributed by atoms with Gasteiger partial charge in [-0.15, -0.1) is 10.2 Å². The average molecular weight is 418 g/mol. The summed E-state index contributed by atoms with van der Waals surface area (Å²) in [4.78, 5) is 24.2. The highest BCUT2D eigenvalue weighted by Gasteiger charge is 2.12. The van der Waals surface area contributed by atoms with Crippen molar-refractivity contribution < 1.29 is 18.7 Å². The van der Waals surface area contributed by atoms with Crippen LogP contribution in [0.2, 0.25) is 0 Å². The molecule has 2 amide bonds. The van der Waals surface area contributed by atoms with Crippen molar-refractivity contribution in [2.75, 3.05) is 23.5 Å². The number of carbonyl (C=O) groups excluding carboxylic acids is 2. The van der Waals surface area contributed by atoms with Crippen LogP contribution in [0, 0.1) is 5.82 Å². The molecule has 144 valence electrons. The molecule has 2 aromatic carbocycles. The number of carbonyl (C=O) groups is 2. The van der Waals surface area contributed by atoms with Gasteiger partial charge in [-0.1, -0.05) is 35.2 Å². The summed E-state index contributed by atoms with van der Waals surface area (Å²) in [5, 5.41) is 13.4. The topological polar surface area (TPSA) is 93.2 Å². The molecule has 0 unspecified atom stereocenters. The SMILES string of the molecule is COc1cccc(C(=O)Nc2nnc(SCC(=O)Nc3cccc(F)c3)s2)c1. The number of hydrogen-bond donors (Lipinski definition) is 2. The fourth-order valence-electron chi connectivity index (χ4n) is 2.14. The largest absolute Gasteiger partial charge is 0.497 e. The lowest BCUT2D eigenvalue weighted by Crippen LogP contribution is -2.13. The van der Waals surface area contributed by atoms with Gasteiger partial charge in [0, 0.05) is 11.3 Å². The highest BCUT2D eigenvalue weighted by atomic mass is 32.2. The number of methoxy groups -OCH3 is 1. The van der Waals surface area contributed by atoms with Crippen LogP contribution in [0.1, 0.15) is 10.4 Å². The van der Waals surface area contributed by atoms with E-state index in [-0.39, 0.29) is 17.6 Å². The highest BCUT2D eigenvalue weighted by molar-refractivity contribution is 8.01. The molecule has 28 heavy (non-hydrogen) atoms. The van der Waals surface area contributed by atoms with Crippen LogP contribution in [-0.4, -0.2) is 34.9 Å². The van der Waals surface area contributed by atoms with Gasteiger partial charge in [-0.2, -0.15) is 0 Å².